The van der Waals surface area contributed by atoms with Crippen LogP contribution < -0.4 is 10.6 Å². The third kappa shape index (κ3) is 2.66. The third-order valence-corrected chi connectivity index (χ3v) is 4.46. The van der Waals surface area contributed by atoms with E-state index in [0.717, 1.165) is 49.9 Å². The van der Waals surface area contributed by atoms with Gasteiger partial charge in [-0.1, -0.05) is 31.0 Å². The predicted molar refractivity (Wildman–Crippen MR) is 78.7 cm³/mol. The first kappa shape index (κ1) is 13.4. The Hall–Kier alpha value is -1.55. The molecule has 20 heavy (non-hydrogen) atoms. The van der Waals surface area contributed by atoms with Crippen LogP contribution >= 0.6 is 0 Å². The summed E-state index contributed by atoms with van der Waals surface area (Å²) in [6.45, 7) is 0.822. The minimum Gasteiger partial charge on any atom is -0.391 e. The fraction of sp³-hybridized carbons (Fsp3) is 0.562. The summed E-state index contributed by atoms with van der Waals surface area (Å²) in [6, 6.07) is 7.92. The molecule has 1 aromatic carbocycles. The van der Waals surface area contributed by atoms with Crippen molar-refractivity contribution in [2.75, 3.05) is 11.9 Å². The first-order valence-electron chi connectivity index (χ1n) is 7.57. The maximum Gasteiger partial charge on any atom is 0.227 e. The molecule has 1 aliphatic heterocycles. The van der Waals surface area contributed by atoms with E-state index >= 15 is 0 Å². The van der Waals surface area contributed by atoms with Crippen LogP contribution in [0.25, 0.3) is 0 Å². The highest BCUT2D eigenvalue weighted by atomic mass is 16.3. The summed E-state index contributed by atoms with van der Waals surface area (Å²) in [7, 11) is 0. The van der Waals surface area contributed by atoms with E-state index in [9.17, 15) is 9.90 Å². The summed E-state index contributed by atoms with van der Waals surface area (Å²) in [5.74, 6) is -0.0357. The molecule has 2 aliphatic rings. The molecule has 3 atom stereocenters. The van der Waals surface area contributed by atoms with Gasteiger partial charge < -0.3 is 15.7 Å². The molecule has 0 bridgehead atoms. The Kier molecular flexibility index (Phi) is 3.92. The molecule has 3 N–H and O–H groups in total. The van der Waals surface area contributed by atoms with Crippen molar-refractivity contribution in [2.45, 2.75) is 50.2 Å². The van der Waals surface area contributed by atoms with Gasteiger partial charge in [-0.3, -0.25) is 4.79 Å². The second-order valence-corrected chi connectivity index (χ2v) is 5.82. The van der Waals surface area contributed by atoms with Crippen molar-refractivity contribution < 1.29 is 9.90 Å². The molecule has 1 aliphatic carbocycles. The van der Waals surface area contributed by atoms with Crippen LogP contribution in [-0.4, -0.2) is 29.7 Å². The van der Waals surface area contributed by atoms with Crippen LogP contribution in [0.1, 0.15) is 43.6 Å². The first-order chi connectivity index (χ1) is 9.75. The predicted octanol–water partition coefficient (Wildman–Crippen LogP) is 2.01. The highest BCUT2D eigenvalue weighted by Gasteiger charge is 2.30. The molecule has 4 nitrogen and oxygen atoms in total. The summed E-state index contributed by atoms with van der Waals surface area (Å²) < 4.78 is 0. The molecule has 0 spiro atoms. The van der Waals surface area contributed by atoms with Crippen molar-refractivity contribution in [3.63, 3.8) is 0 Å². The van der Waals surface area contributed by atoms with Gasteiger partial charge in [0.1, 0.15) is 0 Å². The average molecular weight is 274 g/mol. The number of fused-ring (bicyclic) bond motifs is 1. The molecule has 0 radical (unpaired) electrons. The van der Waals surface area contributed by atoms with Crippen molar-refractivity contribution >= 4 is 11.6 Å². The zero-order valence-electron chi connectivity index (χ0n) is 11.6. The van der Waals surface area contributed by atoms with Crippen LogP contribution in [0.4, 0.5) is 5.69 Å². The molecule has 1 saturated carbocycles. The molecular weight excluding hydrogens is 252 g/mol. The van der Waals surface area contributed by atoms with Crippen LogP contribution in [0.2, 0.25) is 0 Å². The lowest BCUT2D eigenvalue weighted by atomic mass is 9.88. The Morgan fingerprint density at radius 3 is 2.85 bits per heavy atom. The van der Waals surface area contributed by atoms with Gasteiger partial charge in [0.15, 0.2) is 0 Å². The smallest absolute Gasteiger partial charge is 0.227 e. The lowest BCUT2D eigenvalue weighted by Crippen LogP contribution is -2.47. The molecule has 0 saturated heterocycles. The number of benzene rings is 1. The van der Waals surface area contributed by atoms with Crippen molar-refractivity contribution in [1.29, 1.82) is 0 Å². The number of nitrogens with one attached hydrogen (secondary N) is 2. The van der Waals surface area contributed by atoms with Crippen LogP contribution in [0.15, 0.2) is 24.3 Å². The Morgan fingerprint density at radius 1 is 1.20 bits per heavy atom. The van der Waals surface area contributed by atoms with E-state index in [1.807, 2.05) is 24.3 Å². The molecule has 1 amide bonds. The van der Waals surface area contributed by atoms with Crippen LogP contribution in [0, 0.1) is 0 Å². The molecule has 3 rings (SSSR count). The fourth-order valence-electron chi connectivity index (χ4n) is 3.30. The number of anilines is 1. The van der Waals surface area contributed by atoms with Gasteiger partial charge in [-0.25, -0.2) is 0 Å². The Morgan fingerprint density at radius 2 is 2.00 bits per heavy atom. The van der Waals surface area contributed by atoms with E-state index in [2.05, 4.69) is 10.6 Å². The van der Waals surface area contributed by atoms with Crippen LogP contribution in [0.3, 0.4) is 0 Å². The van der Waals surface area contributed by atoms with Gasteiger partial charge >= 0.3 is 0 Å². The topological polar surface area (TPSA) is 61.4 Å². The number of para-hydroxylation sites is 1. The van der Waals surface area contributed by atoms with Gasteiger partial charge in [0.2, 0.25) is 5.91 Å². The maximum absolute atomic E-state index is 12.5. The number of amides is 1. The largest absolute Gasteiger partial charge is 0.391 e. The van der Waals surface area contributed by atoms with Gasteiger partial charge in [0.25, 0.3) is 0 Å². The molecule has 1 heterocycles. The Labute approximate surface area is 119 Å². The molecule has 108 valence electrons. The van der Waals surface area contributed by atoms with Gasteiger partial charge in [-0.15, -0.1) is 0 Å². The quantitative estimate of drug-likeness (QED) is 0.773. The van der Waals surface area contributed by atoms with Crippen LogP contribution in [0.5, 0.6) is 0 Å². The molecular formula is C16H22N2O2. The second-order valence-electron chi connectivity index (χ2n) is 5.82. The van der Waals surface area contributed by atoms with Crippen molar-refractivity contribution in [3.8, 4) is 0 Å². The molecule has 1 fully saturated rings. The van der Waals surface area contributed by atoms with Gasteiger partial charge in [-0.05, 0) is 30.9 Å². The number of hydrogen-bond acceptors (Lipinski definition) is 3. The van der Waals surface area contributed by atoms with E-state index in [1.54, 1.807) is 0 Å². The van der Waals surface area contributed by atoms with Gasteiger partial charge in [0, 0.05) is 12.2 Å². The monoisotopic (exact) mass is 274 g/mol. The average Bonchev–Trinajstić information content (AvgIpc) is 2.49. The maximum atomic E-state index is 12.5. The third-order valence-electron chi connectivity index (χ3n) is 4.46. The van der Waals surface area contributed by atoms with Gasteiger partial charge in [-0.2, -0.15) is 0 Å². The number of aliphatic hydroxyl groups excluding tert-OH is 1. The number of hydrogen-bond donors (Lipinski definition) is 3. The fourth-order valence-corrected chi connectivity index (χ4v) is 3.30. The summed E-state index contributed by atoms with van der Waals surface area (Å²) in [6.07, 6.45) is 4.26. The van der Waals surface area contributed by atoms with E-state index < -0.39 is 0 Å². The standard InChI is InChI=1S/C16H22N2O2/c19-15-8-4-3-7-14(15)18-16(20)12-9-10-17-13-6-2-1-5-11(12)13/h1-2,5-6,12,14-15,17,19H,3-4,7-10H2,(H,18,20)/t12?,14-,15-/m0/s1. The van der Waals surface area contributed by atoms with E-state index in [0.29, 0.717) is 0 Å². The molecule has 0 aromatic heterocycles. The number of carbonyl (C=O) groups excluding carboxylic acids is 1. The van der Waals surface area contributed by atoms with Crippen molar-refractivity contribution in [1.82, 2.24) is 5.32 Å². The molecule has 4 heteroatoms. The summed E-state index contributed by atoms with van der Waals surface area (Å²) in [4.78, 5) is 12.5. The number of rotatable bonds is 2. The highest BCUT2D eigenvalue weighted by Crippen LogP contribution is 2.31. The minimum atomic E-state index is -0.385. The molecule has 1 unspecified atom stereocenters. The van der Waals surface area contributed by atoms with E-state index in [4.69, 9.17) is 0 Å². The summed E-state index contributed by atoms with van der Waals surface area (Å²) in [5.41, 5.74) is 2.13. The second kappa shape index (κ2) is 5.83. The summed E-state index contributed by atoms with van der Waals surface area (Å²) in [5, 5.41) is 16.4. The SMILES string of the molecule is O=C(N[C@H]1CCCC[C@@H]1O)C1CCNc2ccccc21. The molecule has 1 aromatic rings. The number of carbonyl (C=O) groups is 1. The van der Waals surface area contributed by atoms with Crippen molar-refractivity contribution in [3.05, 3.63) is 29.8 Å². The highest BCUT2D eigenvalue weighted by molar-refractivity contribution is 5.86. The lowest BCUT2D eigenvalue weighted by Gasteiger charge is -2.31. The Balaban J connectivity index is 1.72. The van der Waals surface area contributed by atoms with E-state index in [-0.39, 0.29) is 24.0 Å². The summed E-state index contributed by atoms with van der Waals surface area (Å²) >= 11 is 0. The number of aliphatic hydroxyl groups is 1. The minimum absolute atomic E-state index is 0.0601. The van der Waals surface area contributed by atoms with Gasteiger partial charge in [0.05, 0.1) is 18.1 Å². The zero-order valence-corrected chi connectivity index (χ0v) is 11.6. The lowest BCUT2D eigenvalue weighted by molar-refractivity contribution is -0.124. The van der Waals surface area contributed by atoms with Crippen LogP contribution in [-0.2, 0) is 4.79 Å². The van der Waals surface area contributed by atoms with Crippen molar-refractivity contribution in [2.24, 2.45) is 0 Å². The normalized spacial score (nSPS) is 29.1. The Bertz CT molecular complexity index is 489. The zero-order chi connectivity index (χ0) is 13.9. The first-order valence-corrected chi connectivity index (χ1v) is 7.57. The van der Waals surface area contributed by atoms with E-state index in [1.165, 1.54) is 0 Å².